The zero-order valence-electron chi connectivity index (χ0n) is 18.0. The molecule has 0 fully saturated rings. The van der Waals surface area contributed by atoms with Crippen molar-refractivity contribution in [2.45, 2.75) is 6.42 Å². The molecule has 33 heavy (non-hydrogen) atoms. The molecule has 4 rings (SSSR count). The summed E-state index contributed by atoms with van der Waals surface area (Å²) in [5, 5.41) is 3.20. The van der Waals surface area contributed by atoms with Crippen LogP contribution in [0.15, 0.2) is 66.7 Å². The van der Waals surface area contributed by atoms with Crippen LogP contribution in [-0.2, 0) is 4.79 Å². The molecule has 0 aromatic heterocycles. The van der Waals surface area contributed by atoms with Gasteiger partial charge in [0, 0.05) is 12.2 Å². The molecule has 0 unspecified atom stereocenters. The minimum atomic E-state index is -0.331. The predicted molar refractivity (Wildman–Crippen MR) is 127 cm³/mol. The van der Waals surface area contributed by atoms with Gasteiger partial charge in [-0.2, -0.15) is 0 Å². The summed E-state index contributed by atoms with van der Waals surface area (Å²) in [5.74, 6) is 1.59. The molecule has 0 radical (unpaired) electrons. The summed E-state index contributed by atoms with van der Waals surface area (Å²) >= 11 is 6.12. The Labute approximate surface area is 196 Å². The van der Waals surface area contributed by atoms with Gasteiger partial charge < -0.3 is 24.4 Å². The molecule has 1 heterocycles. The molecule has 3 aromatic rings. The summed E-state index contributed by atoms with van der Waals surface area (Å²) in [6, 6.07) is 19.3. The van der Waals surface area contributed by atoms with Gasteiger partial charge in [0.2, 0.25) is 0 Å². The van der Waals surface area contributed by atoms with Gasteiger partial charge in [0.25, 0.3) is 11.8 Å². The monoisotopic (exact) mass is 466 g/mol. The molecule has 1 N–H and O–H groups in total. The highest BCUT2D eigenvalue weighted by molar-refractivity contribution is 6.34. The smallest absolute Gasteiger partial charge is 0.265 e. The van der Waals surface area contributed by atoms with Crippen molar-refractivity contribution in [2.75, 3.05) is 37.1 Å². The van der Waals surface area contributed by atoms with E-state index < -0.39 is 0 Å². The molecule has 0 spiro atoms. The summed E-state index contributed by atoms with van der Waals surface area (Å²) in [7, 11) is 1.61. The number of benzene rings is 3. The maximum Gasteiger partial charge on any atom is 0.265 e. The SMILES string of the molecule is COc1ccc(OCCCN2C(=O)COc3ccc(NC(=O)c4ccccc4Cl)cc32)cc1. The van der Waals surface area contributed by atoms with Crippen LogP contribution >= 0.6 is 11.6 Å². The number of hydrogen-bond donors (Lipinski definition) is 1. The Morgan fingerprint density at radius 2 is 1.85 bits per heavy atom. The lowest BCUT2D eigenvalue weighted by Crippen LogP contribution is -2.39. The number of halogens is 1. The van der Waals surface area contributed by atoms with Crippen molar-refractivity contribution >= 4 is 34.8 Å². The Morgan fingerprint density at radius 1 is 1.09 bits per heavy atom. The van der Waals surface area contributed by atoms with Crippen molar-refractivity contribution in [1.82, 2.24) is 0 Å². The lowest BCUT2D eigenvalue weighted by molar-refractivity contribution is -0.121. The zero-order valence-corrected chi connectivity index (χ0v) is 18.8. The first-order valence-corrected chi connectivity index (χ1v) is 10.8. The zero-order chi connectivity index (χ0) is 23.2. The van der Waals surface area contributed by atoms with Gasteiger partial charge >= 0.3 is 0 Å². The number of amides is 2. The van der Waals surface area contributed by atoms with Crippen molar-refractivity contribution in [1.29, 1.82) is 0 Å². The van der Waals surface area contributed by atoms with Crippen molar-refractivity contribution in [3.63, 3.8) is 0 Å². The Bertz CT molecular complexity index is 1150. The Balaban J connectivity index is 1.41. The molecule has 2 amide bonds. The highest BCUT2D eigenvalue weighted by Gasteiger charge is 2.26. The van der Waals surface area contributed by atoms with Crippen LogP contribution in [0.1, 0.15) is 16.8 Å². The number of fused-ring (bicyclic) bond motifs is 1. The minimum Gasteiger partial charge on any atom is -0.497 e. The molecule has 0 saturated heterocycles. The molecular formula is C25H23ClN2O5. The van der Waals surface area contributed by atoms with Gasteiger partial charge in [0.1, 0.15) is 17.2 Å². The fourth-order valence-corrected chi connectivity index (χ4v) is 3.67. The van der Waals surface area contributed by atoms with Crippen LogP contribution < -0.4 is 24.4 Å². The fourth-order valence-electron chi connectivity index (χ4n) is 3.45. The lowest BCUT2D eigenvalue weighted by atomic mass is 10.1. The Morgan fingerprint density at radius 3 is 2.61 bits per heavy atom. The Kier molecular flexibility index (Phi) is 7.00. The van der Waals surface area contributed by atoms with Crippen molar-refractivity contribution in [3.05, 3.63) is 77.3 Å². The van der Waals surface area contributed by atoms with Gasteiger partial charge in [-0.05, 0) is 61.0 Å². The third-order valence-corrected chi connectivity index (χ3v) is 5.46. The highest BCUT2D eigenvalue weighted by atomic mass is 35.5. The number of rotatable bonds is 8. The van der Waals surface area contributed by atoms with Crippen LogP contribution in [0.25, 0.3) is 0 Å². The van der Waals surface area contributed by atoms with E-state index in [9.17, 15) is 9.59 Å². The number of hydrogen-bond acceptors (Lipinski definition) is 5. The molecule has 170 valence electrons. The average Bonchev–Trinajstić information content (AvgIpc) is 2.83. The molecule has 8 heteroatoms. The molecule has 3 aromatic carbocycles. The molecule has 0 bridgehead atoms. The predicted octanol–water partition coefficient (Wildman–Crippen LogP) is 4.80. The minimum absolute atomic E-state index is 0.0301. The van der Waals surface area contributed by atoms with Crippen molar-refractivity contribution < 1.29 is 23.8 Å². The second kappa shape index (κ2) is 10.3. The summed E-state index contributed by atoms with van der Waals surface area (Å²) in [6.07, 6.45) is 0.618. The van der Waals surface area contributed by atoms with Crippen molar-refractivity contribution in [2.24, 2.45) is 0 Å². The van der Waals surface area contributed by atoms with E-state index >= 15 is 0 Å². The Hall–Kier alpha value is -3.71. The van der Waals surface area contributed by atoms with E-state index in [4.69, 9.17) is 25.8 Å². The molecule has 0 atom stereocenters. The second-order valence-corrected chi connectivity index (χ2v) is 7.74. The molecule has 7 nitrogen and oxygen atoms in total. The molecule has 0 saturated carbocycles. The topological polar surface area (TPSA) is 77.1 Å². The van der Waals surface area contributed by atoms with Crippen LogP contribution in [0.2, 0.25) is 5.02 Å². The van der Waals surface area contributed by atoms with Gasteiger partial charge in [-0.15, -0.1) is 0 Å². The molecule has 0 aliphatic carbocycles. The van der Waals surface area contributed by atoms with E-state index in [0.29, 0.717) is 47.3 Å². The van der Waals surface area contributed by atoms with Gasteiger partial charge in [-0.1, -0.05) is 23.7 Å². The number of methoxy groups -OCH3 is 1. The fraction of sp³-hybridized carbons (Fsp3) is 0.200. The number of nitrogens with one attached hydrogen (secondary N) is 1. The van der Waals surface area contributed by atoms with E-state index in [1.54, 1.807) is 54.5 Å². The summed E-state index contributed by atoms with van der Waals surface area (Å²) in [4.78, 5) is 26.8. The summed E-state index contributed by atoms with van der Waals surface area (Å²) < 4.78 is 16.5. The number of carbonyl (C=O) groups is 2. The lowest BCUT2D eigenvalue weighted by Gasteiger charge is -2.30. The van der Waals surface area contributed by atoms with Gasteiger partial charge in [0.05, 0.1) is 30.0 Å². The molecule has 1 aliphatic heterocycles. The first-order chi connectivity index (χ1) is 16.0. The van der Waals surface area contributed by atoms with Gasteiger partial charge in [0.15, 0.2) is 6.61 Å². The number of anilines is 2. The largest absolute Gasteiger partial charge is 0.497 e. The normalized spacial score (nSPS) is 12.5. The second-order valence-electron chi connectivity index (χ2n) is 7.33. The first kappa shape index (κ1) is 22.5. The van der Waals surface area contributed by atoms with Gasteiger partial charge in [-0.3, -0.25) is 9.59 Å². The standard InChI is InChI=1S/C25H23ClN2O5/c1-31-18-8-10-19(11-9-18)32-14-4-13-28-22-15-17(7-12-23(22)33-16-24(28)29)27-25(30)20-5-2-3-6-21(20)26/h2-3,5-12,15H,4,13-14,16H2,1H3,(H,27,30). The van der Waals surface area contributed by atoms with Crippen LogP contribution in [0.3, 0.4) is 0 Å². The van der Waals surface area contributed by atoms with Crippen LogP contribution in [0.5, 0.6) is 17.2 Å². The summed E-state index contributed by atoms with van der Waals surface area (Å²) in [5.41, 5.74) is 1.51. The van der Waals surface area contributed by atoms with Crippen LogP contribution in [-0.4, -0.2) is 38.7 Å². The van der Waals surface area contributed by atoms with E-state index in [1.165, 1.54) is 0 Å². The van der Waals surface area contributed by atoms with Crippen LogP contribution in [0.4, 0.5) is 11.4 Å². The average molecular weight is 467 g/mol. The van der Waals surface area contributed by atoms with E-state index in [-0.39, 0.29) is 18.4 Å². The van der Waals surface area contributed by atoms with Crippen LogP contribution in [0, 0.1) is 0 Å². The first-order valence-electron chi connectivity index (χ1n) is 10.4. The van der Waals surface area contributed by atoms with Crippen molar-refractivity contribution in [3.8, 4) is 17.2 Å². The highest BCUT2D eigenvalue weighted by Crippen LogP contribution is 2.35. The number of ether oxygens (including phenoxy) is 3. The summed E-state index contributed by atoms with van der Waals surface area (Å²) in [6.45, 7) is 0.861. The maximum absolute atomic E-state index is 12.6. The quantitative estimate of drug-likeness (QED) is 0.483. The number of nitrogens with zero attached hydrogens (tertiary/aromatic N) is 1. The van der Waals surface area contributed by atoms with E-state index in [1.807, 2.05) is 24.3 Å². The van der Waals surface area contributed by atoms with E-state index in [0.717, 1.165) is 11.5 Å². The maximum atomic E-state index is 12.6. The number of carbonyl (C=O) groups excluding carboxylic acids is 2. The van der Waals surface area contributed by atoms with Gasteiger partial charge in [-0.25, -0.2) is 0 Å². The molecular weight excluding hydrogens is 444 g/mol. The van der Waals surface area contributed by atoms with E-state index in [2.05, 4.69) is 5.32 Å². The third kappa shape index (κ3) is 5.38. The third-order valence-electron chi connectivity index (χ3n) is 5.13. The molecule has 1 aliphatic rings.